The molecule has 0 saturated heterocycles. The summed E-state index contributed by atoms with van der Waals surface area (Å²) in [4.78, 5) is 12.2. The summed E-state index contributed by atoms with van der Waals surface area (Å²) >= 11 is 0. The van der Waals surface area contributed by atoms with E-state index in [1.54, 1.807) is 13.0 Å². The average molecular weight is 263 g/mol. The summed E-state index contributed by atoms with van der Waals surface area (Å²) < 4.78 is 13.0. The normalized spacial score (nSPS) is 19.2. The van der Waals surface area contributed by atoms with Crippen LogP contribution >= 0.6 is 0 Å². The second kappa shape index (κ2) is 5.32. The first kappa shape index (κ1) is 14.0. The first-order valence-corrected chi connectivity index (χ1v) is 6.94. The van der Waals surface area contributed by atoms with Gasteiger partial charge in [-0.25, -0.2) is 4.39 Å². The highest BCUT2D eigenvalue weighted by atomic mass is 19.1. The fourth-order valence-electron chi connectivity index (χ4n) is 2.69. The van der Waals surface area contributed by atoms with Crippen LogP contribution in [0.25, 0.3) is 0 Å². The molecule has 1 aromatic carbocycles. The molecule has 0 bridgehead atoms. The molecular weight excluding hydrogens is 241 g/mol. The van der Waals surface area contributed by atoms with E-state index in [9.17, 15) is 9.18 Å². The molecule has 2 nitrogen and oxygen atoms in total. The smallest absolute Gasteiger partial charge is 0.251 e. The van der Waals surface area contributed by atoms with Gasteiger partial charge in [-0.3, -0.25) is 4.79 Å². The van der Waals surface area contributed by atoms with E-state index in [0.29, 0.717) is 16.5 Å². The van der Waals surface area contributed by atoms with Gasteiger partial charge in [0.05, 0.1) is 0 Å². The van der Waals surface area contributed by atoms with E-state index in [1.165, 1.54) is 12.1 Å². The summed E-state index contributed by atoms with van der Waals surface area (Å²) in [6, 6.07) is 4.56. The standard InChI is InChI=1S/C16H22FNO/c1-11-10-12(17)4-5-14(11)15(19)18-13-6-8-16(2,3)9-7-13/h4-5,10,13H,6-9H2,1-3H3,(H,18,19). The third kappa shape index (κ3) is 3.55. The van der Waals surface area contributed by atoms with Gasteiger partial charge in [0.1, 0.15) is 5.82 Å². The van der Waals surface area contributed by atoms with Crippen LogP contribution in [0.2, 0.25) is 0 Å². The number of carbonyl (C=O) groups excluding carboxylic acids is 1. The Hall–Kier alpha value is -1.38. The Morgan fingerprint density at radius 1 is 1.32 bits per heavy atom. The SMILES string of the molecule is Cc1cc(F)ccc1C(=O)NC1CCC(C)(C)CC1. The number of halogens is 1. The van der Waals surface area contributed by atoms with Crippen molar-refractivity contribution in [3.05, 3.63) is 35.1 Å². The van der Waals surface area contributed by atoms with Crippen molar-refractivity contribution in [2.75, 3.05) is 0 Å². The molecule has 1 aromatic rings. The molecule has 0 aromatic heterocycles. The highest BCUT2D eigenvalue weighted by Crippen LogP contribution is 2.35. The zero-order valence-electron chi connectivity index (χ0n) is 11.9. The van der Waals surface area contributed by atoms with E-state index < -0.39 is 0 Å². The number of hydrogen-bond acceptors (Lipinski definition) is 1. The van der Waals surface area contributed by atoms with Crippen molar-refractivity contribution in [3.63, 3.8) is 0 Å². The molecule has 0 atom stereocenters. The number of benzene rings is 1. The van der Waals surface area contributed by atoms with E-state index in [2.05, 4.69) is 19.2 Å². The van der Waals surface area contributed by atoms with Gasteiger partial charge in [0.2, 0.25) is 0 Å². The van der Waals surface area contributed by atoms with E-state index in [1.807, 2.05) is 0 Å². The minimum absolute atomic E-state index is 0.0813. The van der Waals surface area contributed by atoms with Crippen LogP contribution in [0, 0.1) is 18.2 Å². The quantitative estimate of drug-likeness (QED) is 0.863. The van der Waals surface area contributed by atoms with Crippen LogP contribution in [0.1, 0.15) is 55.5 Å². The maximum absolute atomic E-state index is 13.0. The van der Waals surface area contributed by atoms with Crippen LogP contribution in [0.3, 0.4) is 0 Å². The maximum atomic E-state index is 13.0. The summed E-state index contributed by atoms with van der Waals surface area (Å²) in [5.74, 6) is -0.379. The van der Waals surface area contributed by atoms with Crippen molar-refractivity contribution in [2.45, 2.75) is 52.5 Å². The maximum Gasteiger partial charge on any atom is 0.251 e. The molecule has 0 aliphatic heterocycles. The molecule has 1 fully saturated rings. The minimum atomic E-state index is -0.298. The molecule has 1 aliphatic carbocycles. The number of carbonyl (C=O) groups is 1. The Morgan fingerprint density at radius 3 is 2.53 bits per heavy atom. The fourth-order valence-corrected chi connectivity index (χ4v) is 2.69. The van der Waals surface area contributed by atoms with Gasteiger partial charge in [0, 0.05) is 11.6 Å². The lowest BCUT2D eigenvalue weighted by Crippen LogP contribution is -2.39. The highest BCUT2D eigenvalue weighted by Gasteiger charge is 2.27. The molecule has 0 spiro atoms. The van der Waals surface area contributed by atoms with Gasteiger partial charge in [0.15, 0.2) is 0 Å². The first-order valence-electron chi connectivity index (χ1n) is 6.94. The molecule has 19 heavy (non-hydrogen) atoms. The van der Waals surface area contributed by atoms with E-state index in [-0.39, 0.29) is 17.8 Å². The fraction of sp³-hybridized carbons (Fsp3) is 0.562. The topological polar surface area (TPSA) is 29.1 Å². The van der Waals surface area contributed by atoms with Gasteiger partial charge in [-0.2, -0.15) is 0 Å². The number of nitrogens with one attached hydrogen (secondary N) is 1. The van der Waals surface area contributed by atoms with Gasteiger partial charge >= 0.3 is 0 Å². The molecule has 1 saturated carbocycles. The molecule has 1 N–H and O–H groups in total. The lowest BCUT2D eigenvalue weighted by molar-refractivity contribution is 0.0908. The van der Waals surface area contributed by atoms with Crippen LogP contribution in [0.5, 0.6) is 0 Å². The van der Waals surface area contributed by atoms with Crippen molar-refractivity contribution in [1.82, 2.24) is 5.32 Å². The van der Waals surface area contributed by atoms with Crippen LogP contribution in [-0.4, -0.2) is 11.9 Å². The Kier molecular flexibility index (Phi) is 3.93. The van der Waals surface area contributed by atoms with E-state index >= 15 is 0 Å². The third-order valence-corrected chi connectivity index (χ3v) is 4.11. The number of hydrogen-bond donors (Lipinski definition) is 1. The monoisotopic (exact) mass is 263 g/mol. The lowest BCUT2D eigenvalue weighted by atomic mass is 9.75. The third-order valence-electron chi connectivity index (χ3n) is 4.11. The summed E-state index contributed by atoms with van der Waals surface area (Å²) in [6.07, 6.45) is 4.33. The van der Waals surface area contributed by atoms with Gasteiger partial charge in [-0.15, -0.1) is 0 Å². The molecule has 104 valence electrons. The van der Waals surface area contributed by atoms with Crippen LogP contribution in [0.15, 0.2) is 18.2 Å². The van der Waals surface area contributed by atoms with Crippen LogP contribution < -0.4 is 5.32 Å². The minimum Gasteiger partial charge on any atom is -0.349 e. The average Bonchev–Trinajstić information content (AvgIpc) is 2.31. The summed E-state index contributed by atoms with van der Waals surface area (Å²) in [7, 11) is 0. The summed E-state index contributed by atoms with van der Waals surface area (Å²) in [5.41, 5.74) is 1.66. The van der Waals surface area contributed by atoms with Gasteiger partial charge in [0.25, 0.3) is 5.91 Å². The van der Waals surface area contributed by atoms with E-state index in [0.717, 1.165) is 25.7 Å². The molecule has 0 unspecified atom stereocenters. The molecule has 1 aliphatic rings. The Labute approximate surface area is 114 Å². The van der Waals surface area contributed by atoms with Gasteiger partial charge in [-0.1, -0.05) is 13.8 Å². The predicted octanol–water partition coefficient (Wildman–Crippen LogP) is 3.83. The predicted molar refractivity (Wildman–Crippen MR) is 74.6 cm³/mol. The first-order chi connectivity index (χ1) is 8.87. The molecular formula is C16H22FNO. The number of aryl methyl sites for hydroxylation is 1. The molecule has 1 amide bonds. The van der Waals surface area contributed by atoms with Crippen molar-refractivity contribution in [1.29, 1.82) is 0 Å². The lowest BCUT2D eigenvalue weighted by Gasteiger charge is -2.34. The second-order valence-corrected chi connectivity index (χ2v) is 6.37. The van der Waals surface area contributed by atoms with Crippen LogP contribution in [-0.2, 0) is 0 Å². The highest BCUT2D eigenvalue weighted by molar-refractivity contribution is 5.95. The summed E-state index contributed by atoms with van der Waals surface area (Å²) in [5, 5.41) is 3.07. The Morgan fingerprint density at radius 2 is 1.95 bits per heavy atom. The van der Waals surface area contributed by atoms with Crippen LogP contribution in [0.4, 0.5) is 4.39 Å². The second-order valence-electron chi connectivity index (χ2n) is 6.37. The number of amides is 1. The van der Waals surface area contributed by atoms with Crippen molar-refractivity contribution >= 4 is 5.91 Å². The van der Waals surface area contributed by atoms with Gasteiger partial charge in [-0.05, 0) is 61.8 Å². The molecule has 0 heterocycles. The van der Waals surface area contributed by atoms with E-state index in [4.69, 9.17) is 0 Å². The molecule has 3 heteroatoms. The largest absolute Gasteiger partial charge is 0.349 e. The molecule has 0 radical (unpaired) electrons. The Bertz CT molecular complexity index is 472. The Balaban J connectivity index is 1.98. The summed E-state index contributed by atoms with van der Waals surface area (Å²) in [6.45, 7) is 6.31. The zero-order chi connectivity index (χ0) is 14.0. The van der Waals surface area contributed by atoms with Crippen molar-refractivity contribution in [3.8, 4) is 0 Å². The number of rotatable bonds is 2. The molecule has 2 rings (SSSR count). The zero-order valence-corrected chi connectivity index (χ0v) is 11.9. The van der Waals surface area contributed by atoms with Crippen molar-refractivity contribution in [2.24, 2.45) is 5.41 Å². The van der Waals surface area contributed by atoms with Crippen molar-refractivity contribution < 1.29 is 9.18 Å². The van der Waals surface area contributed by atoms with Gasteiger partial charge < -0.3 is 5.32 Å².